The molecule has 0 spiro atoms. The molecule has 3 unspecified atom stereocenters. The number of amides is 6. The van der Waals surface area contributed by atoms with Crippen molar-refractivity contribution >= 4 is 63.8 Å². The third-order valence-corrected chi connectivity index (χ3v) is 18.5. The first-order chi connectivity index (χ1) is 41.9. The minimum absolute atomic E-state index is 0.00847. The SMILES string of the molecule is CCC(C)[C@@H]1CC(=O)[C@@H]2CCCN2C(=O)[C@H](Cc2cccc(-c3ccc4cnccc4c3)c2)N(C)C(=O)[C@H](Cc2ccccc2)NC(=O)[C@H](C(C)C)N(C)C(=O)[C@@H](C(C)CC)OC(=O)[C@H](C(C)(C)O)N(C)C(=O)C(CC(C)C)CC(=O)[C@H](C(C)C)N(C)C1=O. The van der Waals surface area contributed by atoms with E-state index < -0.39 is 125 Å². The third kappa shape index (κ3) is 17.1. The van der Waals surface area contributed by atoms with E-state index in [1.165, 1.54) is 49.7 Å². The van der Waals surface area contributed by atoms with Crippen LogP contribution in [0.25, 0.3) is 21.9 Å². The average Bonchev–Trinajstić information content (AvgIpc) is 2.39. The Labute approximate surface area is 527 Å². The topological polar surface area (TPSA) is 224 Å². The summed E-state index contributed by atoms with van der Waals surface area (Å²) in [5.74, 6) is -9.50. The van der Waals surface area contributed by atoms with Gasteiger partial charge in [0.1, 0.15) is 18.1 Å². The molecule has 2 aliphatic rings. The summed E-state index contributed by atoms with van der Waals surface area (Å²) >= 11 is 0. The van der Waals surface area contributed by atoms with Crippen molar-refractivity contribution in [3.8, 4) is 11.1 Å². The zero-order chi connectivity index (χ0) is 65.9. The Balaban J connectivity index is 1.52. The van der Waals surface area contributed by atoms with Crippen molar-refractivity contribution in [3.63, 3.8) is 0 Å². The van der Waals surface area contributed by atoms with Gasteiger partial charge in [-0.15, -0.1) is 0 Å². The second-order valence-electron chi connectivity index (χ2n) is 26.9. The highest BCUT2D eigenvalue weighted by atomic mass is 16.6. The molecule has 2 fully saturated rings. The van der Waals surface area contributed by atoms with Gasteiger partial charge in [-0.05, 0) is 103 Å². The fraction of sp³-hybridized carbons (Fsp3) is 0.577. The number of likely N-dealkylation sites (N-methyl/N-ethyl adjacent to an activating group) is 4. The number of fused-ring (bicyclic) bond motifs is 2. The largest absolute Gasteiger partial charge is 0.450 e. The molecule has 1 aromatic heterocycles. The number of carbonyl (C=O) groups is 9. The highest BCUT2D eigenvalue weighted by Crippen LogP contribution is 2.33. The Bertz CT molecular complexity index is 3160. The Hall–Kier alpha value is -7.34. The number of aromatic nitrogens is 1. The summed E-state index contributed by atoms with van der Waals surface area (Å²) in [5, 5.41) is 16.8. The number of hydrogen-bond donors (Lipinski definition) is 2. The molecule has 4 aromatic rings. The van der Waals surface area contributed by atoms with Crippen LogP contribution in [0.3, 0.4) is 0 Å². The molecule has 0 saturated carbocycles. The van der Waals surface area contributed by atoms with Crippen molar-refractivity contribution in [1.29, 1.82) is 0 Å². The maximum absolute atomic E-state index is 15.8. The van der Waals surface area contributed by atoms with Crippen LogP contribution in [-0.2, 0) is 60.7 Å². The molecule has 0 bridgehead atoms. The number of nitrogens with one attached hydrogen (secondary N) is 1. The Morgan fingerprint density at radius 2 is 1.26 bits per heavy atom. The van der Waals surface area contributed by atoms with Gasteiger partial charge in [-0.2, -0.15) is 0 Å². The fourth-order valence-corrected chi connectivity index (χ4v) is 13.2. The normalized spacial score (nSPS) is 25.1. The van der Waals surface area contributed by atoms with Gasteiger partial charge in [0.05, 0.1) is 17.7 Å². The van der Waals surface area contributed by atoms with Gasteiger partial charge in [0.25, 0.3) is 5.91 Å². The molecule has 2 aliphatic heterocycles. The van der Waals surface area contributed by atoms with Crippen LogP contribution < -0.4 is 5.32 Å². The standard InChI is InChI=1S/C71H99N7O11/c1-17-45(9)54-40-58(79)56-28-23-33-78(56)68(85)57(37-48-26-22-27-49(35-48)50-29-30-52-41-72-32-31-51(52)38-50)74(13)67(84)55(36-47-24-20-19-21-25-47)73-64(81)61(44(7)8)76(15)69(86)62(46(10)18-2)89-70(87)63(71(11,12)88)77(16)65(82)53(34-42(3)4)39-59(80)60(43(5)6)75(14)66(54)83/h19-22,24-27,29-32,35,38,41-46,53-57,60-63,88H,17-18,23,28,33-34,36-37,39-40H2,1-16H3,(H,73,81)/t45?,46?,53?,54-,55-,56-,57-,60-,61-,62+,63+/m0/s1. The summed E-state index contributed by atoms with van der Waals surface area (Å²) in [6.45, 7) is 21.1. The lowest BCUT2D eigenvalue weighted by atomic mass is 9.82. The lowest BCUT2D eigenvalue weighted by Gasteiger charge is -2.39. The average molecular weight is 1230 g/mol. The van der Waals surface area contributed by atoms with Crippen molar-refractivity contribution in [3.05, 3.63) is 102 Å². The van der Waals surface area contributed by atoms with E-state index in [1.54, 1.807) is 45.1 Å². The van der Waals surface area contributed by atoms with Crippen LogP contribution in [0.5, 0.6) is 0 Å². The second kappa shape index (κ2) is 30.9. The molecule has 484 valence electrons. The third-order valence-electron chi connectivity index (χ3n) is 18.5. The number of ether oxygens (including phenoxy) is 1. The fourth-order valence-electron chi connectivity index (χ4n) is 13.2. The minimum Gasteiger partial charge on any atom is -0.450 e. The van der Waals surface area contributed by atoms with Crippen LogP contribution in [0.15, 0.2) is 91.3 Å². The predicted molar refractivity (Wildman–Crippen MR) is 344 cm³/mol. The number of benzene rings is 3. The summed E-state index contributed by atoms with van der Waals surface area (Å²) in [7, 11) is 5.85. The molecule has 2 N–H and O–H groups in total. The second-order valence-corrected chi connectivity index (χ2v) is 26.9. The molecule has 6 rings (SSSR count). The van der Waals surface area contributed by atoms with E-state index >= 15 is 28.8 Å². The number of aliphatic hydroxyl groups is 1. The molecule has 2 saturated heterocycles. The lowest BCUT2D eigenvalue weighted by Crippen LogP contribution is -2.61. The van der Waals surface area contributed by atoms with Crippen molar-refractivity contribution < 1.29 is 53.0 Å². The highest BCUT2D eigenvalue weighted by Gasteiger charge is 2.48. The smallest absolute Gasteiger partial charge is 0.332 e. The molecule has 3 aromatic carbocycles. The van der Waals surface area contributed by atoms with Crippen LogP contribution in [0.4, 0.5) is 0 Å². The molecule has 3 heterocycles. The summed E-state index contributed by atoms with van der Waals surface area (Å²) < 4.78 is 6.17. The maximum atomic E-state index is 15.8. The Kier molecular flexibility index (Phi) is 24.6. The molecule has 11 atom stereocenters. The van der Waals surface area contributed by atoms with Crippen LogP contribution >= 0.6 is 0 Å². The van der Waals surface area contributed by atoms with E-state index in [1.807, 2.05) is 121 Å². The van der Waals surface area contributed by atoms with Gasteiger partial charge in [0.15, 0.2) is 23.7 Å². The lowest BCUT2D eigenvalue weighted by molar-refractivity contribution is -0.178. The Morgan fingerprint density at radius 1 is 0.629 bits per heavy atom. The minimum atomic E-state index is -1.95. The van der Waals surface area contributed by atoms with Gasteiger partial charge in [0.2, 0.25) is 29.5 Å². The van der Waals surface area contributed by atoms with Crippen molar-refractivity contribution in [2.75, 3.05) is 34.7 Å². The molecule has 0 aliphatic carbocycles. The zero-order valence-electron chi connectivity index (χ0n) is 55.5. The number of pyridine rings is 1. The van der Waals surface area contributed by atoms with Gasteiger partial charge in [-0.3, -0.25) is 43.3 Å². The van der Waals surface area contributed by atoms with Gasteiger partial charge in [-0.1, -0.05) is 142 Å². The number of esters is 1. The van der Waals surface area contributed by atoms with E-state index in [0.717, 1.165) is 26.8 Å². The van der Waals surface area contributed by atoms with Gasteiger partial charge < -0.3 is 39.7 Å². The van der Waals surface area contributed by atoms with Crippen LogP contribution in [-0.4, -0.2) is 170 Å². The van der Waals surface area contributed by atoms with Crippen LogP contribution in [0.2, 0.25) is 0 Å². The molecule has 18 nitrogen and oxygen atoms in total. The van der Waals surface area contributed by atoms with E-state index in [-0.39, 0.29) is 56.3 Å². The van der Waals surface area contributed by atoms with Gasteiger partial charge >= 0.3 is 5.97 Å². The van der Waals surface area contributed by atoms with E-state index in [9.17, 15) is 19.5 Å². The summed E-state index contributed by atoms with van der Waals surface area (Å²) in [6, 6.07) is 17.3. The van der Waals surface area contributed by atoms with Gasteiger partial charge in [-0.25, -0.2) is 4.79 Å². The first kappa shape index (κ1) is 70.7. The quantitative estimate of drug-likeness (QED) is 0.113. The number of carbonyl (C=O) groups excluding carboxylic acids is 9. The number of rotatable bonds is 14. The summed E-state index contributed by atoms with van der Waals surface area (Å²) in [6.07, 6.45) is 3.26. The first-order valence-corrected chi connectivity index (χ1v) is 32.0. The maximum Gasteiger partial charge on any atom is 0.332 e. The number of cyclic esters (lactones) is 1. The number of ketones is 2. The van der Waals surface area contributed by atoms with Crippen LogP contribution in [0.1, 0.15) is 139 Å². The van der Waals surface area contributed by atoms with Crippen molar-refractivity contribution in [2.45, 2.75) is 189 Å². The van der Waals surface area contributed by atoms with Crippen LogP contribution in [0, 0.1) is 41.4 Å². The molecule has 18 heteroatoms. The van der Waals surface area contributed by atoms with Crippen molar-refractivity contribution in [2.24, 2.45) is 41.4 Å². The van der Waals surface area contributed by atoms with E-state index in [2.05, 4.69) is 16.4 Å². The predicted octanol–water partition coefficient (Wildman–Crippen LogP) is 8.77. The summed E-state index contributed by atoms with van der Waals surface area (Å²) in [4.78, 5) is 148. The van der Waals surface area contributed by atoms with Crippen molar-refractivity contribution in [1.82, 2.24) is 34.8 Å². The summed E-state index contributed by atoms with van der Waals surface area (Å²) in [5.41, 5.74) is 1.24. The number of Topliss-reactive ketones (excluding diaryl/α,β-unsaturated/α-hetero) is 2. The molecular formula is C71H99N7O11. The van der Waals surface area contributed by atoms with Gasteiger partial charge in [0, 0.05) is 96.0 Å². The monoisotopic (exact) mass is 1230 g/mol. The molecule has 6 amide bonds. The Morgan fingerprint density at radius 3 is 1.88 bits per heavy atom. The molecular weight excluding hydrogens is 1130 g/mol. The molecule has 89 heavy (non-hydrogen) atoms. The van der Waals surface area contributed by atoms with E-state index in [4.69, 9.17) is 4.74 Å². The zero-order valence-corrected chi connectivity index (χ0v) is 55.5. The first-order valence-electron chi connectivity index (χ1n) is 32.0. The highest BCUT2D eigenvalue weighted by molar-refractivity contribution is 5.99. The number of nitrogens with zero attached hydrogens (tertiary/aromatic N) is 6. The number of hydrogen-bond acceptors (Lipinski definition) is 12. The molecule has 0 radical (unpaired) electrons. The van der Waals surface area contributed by atoms with E-state index in [0.29, 0.717) is 36.8 Å².